The van der Waals surface area contributed by atoms with Crippen LogP contribution in [0.4, 0.5) is 43.9 Å². The van der Waals surface area contributed by atoms with Crippen molar-refractivity contribution in [3.05, 3.63) is 71.6 Å². The summed E-state index contributed by atoms with van der Waals surface area (Å²) in [5.41, 5.74) is 3.65. The number of halogens is 6. The minimum absolute atomic E-state index is 0.0307. The number of pyridine rings is 1. The van der Waals surface area contributed by atoms with Gasteiger partial charge < -0.3 is 39.8 Å². The maximum Gasteiger partial charge on any atom is 0.490 e. The minimum Gasteiger partial charge on any atom is -0.475 e. The molecule has 2 aliphatic rings. The number of nitrogens with zero attached hydrogens (tertiary/aromatic N) is 5. The molecule has 2 aliphatic heterocycles. The lowest BCUT2D eigenvalue weighted by Gasteiger charge is -2.34. The topological polar surface area (TPSA) is 200 Å². The monoisotopic (exact) mass is 811 g/mol. The summed E-state index contributed by atoms with van der Waals surface area (Å²) in [7, 11) is 0. The zero-order chi connectivity index (χ0) is 42.1. The third-order valence-electron chi connectivity index (χ3n) is 8.39. The summed E-state index contributed by atoms with van der Waals surface area (Å²) in [5, 5.41) is 20.6. The van der Waals surface area contributed by atoms with Gasteiger partial charge in [-0.15, -0.1) is 0 Å². The van der Waals surface area contributed by atoms with Gasteiger partial charge in [0.15, 0.2) is 11.4 Å². The molecule has 5 heterocycles. The zero-order valence-corrected chi connectivity index (χ0v) is 30.8. The van der Waals surface area contributed by atoms with Gasteiger partial charge in [0.05, 0.1) is 25.0 Å². The van der Waals surface area contributed by atoms with Crippen LogP contribution in [0.5, 0.6) is 0 Å². The normalized spacial score (nSPS) is 16.1. The predicted octanol–water partition coefficient (Wildman–Crippen LogP) is 5.80. The lowest BCUT2D eigenvalue weighted by Crippen LogP contribution is -2.48. The van der Waals surface area contributed by atoms with E-state index in [9.17, 15) is 35.9 Å². The molecule has 0 aliphatic carbocycles. The van der Waals surface area contributed by atoms with Gasteiger partial charge in [0.25, 0.3) is 11.8 Å². The van der Waals surface area contributed by atoms with E-state index in [1.54, 1.807) is 35.6 Å². The van der Waals surface area contributed by atoms with E-state index < -0.39 is 24.3 Å². The first kappa shape index (κ1) is 43.7. The summed E-state index contributed by atoms with van der Waals surface area (Å²) in [4.78, 5) is 61.4. The number of amides is 2. The second kappa shape index (κ2) is 18.3. The van der Waals surface area contributed by atoms with Crippen LogP contribution >= 0.6 is 0 Å². The SMILES string of the molecule is CC(C)(C)c1ccc(C(=O)NC2CCCN(c3nc(Nc4ccc(C(=O)N5CCOCC5)cn4)nc4ccoc34)C2)cc1.O=C(O)C(F)(F)F.O=C(O)C(F)(F)F. The quantitative estimate of drug-likeness (QED) is 0.171. The fraction of sp³-hybridized carbons (Fsp3) is 0.417. The van der Waals surface area contributed by atoms with Crippen molar-refractivity contribution in [2.24, 2.45) is 0 Å². The van der Waals surface area contributed by atoms with Gasteiger partial charge >= 0.3 is 24.3 Å². The molecule has 0 spiro atoms. The van der Waals surface area contributed by atoms with Crippen LogP contribution in [0.3, 0.4) is 0 Å². The zero-order valence-electron chi connectivity index (χ0n) is 30.8. The molecule has 0 bridgehead atoms. The van der Waals surface area contributed by atoms with E-state index in [0.29, 0.717) is 72.7 Å². The number of aliphatic carboxylic acids is 2. The molecule has 1 atom stereocenters. The molecule has 3 aromatic heterocycles. The number of anilines is 3. The van der Waals surface area contributed by atoms with E-state index >= 15 is 0 Å². The molecule has 57 heavy (non-hydrogen) atoms. The fourth-order valence-corrected chi connectivity index (χ4v) is 5.45. The molecule has 6 rings (SSSR count). The van der Waals surface area contributed by atoms with Crippen molar-refractivity contribution >= 4 is 52.4 Å². The maximum absolute atomic E-state index is 13.1. The lowest BCUT2D eigenvalue weighted by molar-refractivity contribution is -0.193. The number of furan rings is 1. The Labute approximate surface area is 321 Å². The summed E-state index contributed by atoms with van der Waals surface area (Å²) in [6.45, 7) is 10.1. The number of fused-ring (bicyclic) bond motifs is 1. The van der Waals surface area contributed by atoms with Crippen LogP contribution in [0, 0.1) is 0 Å². The Bertz CT molecular complexity index is 1990. The number of hydrogen-bond donors (Lipinski definition) is 4. The Kier molecular flexibility index (Phi) is 14.0. The van der Waals surface area contributed by atoms with Crippen molar-refractivity contribution in [2.45, 2.75) is 57.4 Å². The maximum atomic E-state index is 13.1. The van der Waals surface area contributed by atoms with Crippen molar-refractivity contribution in [2.75, 3.05) is 49.6 Å². The lowest BCUT2D eigenvalue weighted by atomic mass is 9.86. The first-order valence-corrected chi connectivity index (χ1v) is 17.3. The number of piperidine rings is 1. The van der Waals surface area contributed by atoms with E-state index in [0.717, 1.165) is 19.4 Å². The highest BCUT2D eigenvalue weighted by Crippen LogP contribution is 2.30. The van der Waals surface area contributed by atoms with E-state index in [1.165, 1.54) is 5.56 Å². The number of carbonyl (C=O) groups is 4. The number of ether oxygens (including phenoxy) is 1. The number of rotatable bonds is 6. The molecule has 4 aromatic rings. The van der Waals surface area contributed by atoms with E-state index in [-0.39, 0.29) is 23.3 Å². The molecule has 4 N–H and O–H groups in total. The molecule has 15 nitrogen and oxygen atoms in total. The standard InChI is InChI=1S/C32H37N7O4.2C2HF3O2/c1-32(2,3)23-9-6-21(7-10-23)29(40)34-24-5-4-13-39(20-24)28-27-25(12-16-43-27)35-31(37-28)36-26-11-8-22(19-33-26)30(41)38-14-17-42-18-15-38;2*3-2(4,5)1(6)7/h6-12,16,19,24H,4-5,13-15,17-18,20H2,1-3H3,(H,34,40)(H,33,35,36,37);2*(H,6,7). The summed E-state index contributed by atoms with van der Waals surface area (Å²) >= 11 is 0. The van der Waals surface area contributed by atoms with Gasteiger partial charge in [-0.1, -0.05) is 32.9 Å². The number of morpholine rings is 1. The van der Waals surface area contributed by atoms with Crippen molar-refractivity contribution in [1.82, 2.24) is 25.2 Å². The Morgan fingerprint density at radius 1 is 0.825 bits per heavy atom. The smallest absolute Gasteiger partial charge is 0.475 e. The van der Waals surface area contributed by atoms with Crippen molar-refractivity contribution in [3.8, 4) is 0 Å². The van der Waals surface area contributed by atoms with Crippen LogP contribution in [-0.4, -0.2) is 112 Å². The number of nitrogens with one attached hydrogen (secondary N) is 2. The van der Waals surface area contributed by atoms with Crippen molar-refractivity contribution in [1.29, 1.82) is 0 Å². The molecule has 1 aromatic carbocycles. The van der Waals surface area contributed by atoms with Gasteiger partial charge in [-0.2, -0.15) is 31.3 Å². The average molecular weight is 812 g/mol. The second-order valence-corrected chi connectivity index (χ2v) is 13.7. The predicted molar refractivity (Wildman–Crippen MR) is 191 cm³/mol. The number of alkyl halides is 6. The Morgan fingerprint density at radius 2 is 1.42 bits per heavy atom. The molecule has 2 fully saturated rings. The molecule has 0 saturated carbocycles. The number of carboxylic acids is 2. The summed E-state index contributed by atoms with van der Waals surface area (Å²) in [6.07, 6.45) is -5.24. The summed E-state index contributed by atoms with van der Waals surface area (Å²) < 4.78 is 74.6. The van der Waals surface area contributed by atoms with E-state index in [1.807, 2.05) is 24.3 Å². The van der Waals surface area contributed by atoms with Crippen LogP contribution in [0.15, 0.2) is 59.3 Å². The molecular formula is C36H39F6N7O8. The highest BCUT2D eigenvalue weighted by Gasteiger charge is 2.39. The number of benzene rings is 1. The molecule has 308 valence electrons. The fourth-order valence-electron chi connectivity index (χ4n) is 5.45. The van der Waals surface area contributed by atoms with Gasteiger partial charge in [-0.25, -0.2) is 19.6 Å². The minimum atomic E-state index is -5.08. The van der Waals surface area contributed by atoms with Gasteiger partial charge in [0.2, 0.25) is 5.95 Å². The van der Waals surface area contributed by atoms with Crippen molar-refractivity contribution < 1.29 is 64.9 Å². The first-order valence-electron chi connectivity index (χ1n) is 17.3. The van der Waals surface area contributed by atoms with Crippen LogP contribution < -0.4 is 15.5 Å². The molecule has 2 amide bonds. The van der Waals surface area contributed by atoms with E-state index in [4.69, 9.17) is 33.9 Å². The Balaban J connectivity index is 0.000000440. The molecule has 1 unspecified atom stereocenters. The number of aromatic nitrogens is 3. The second-order valence-electron chi connectivity index (χ2n) is 13.7. The number of carbonyl (C=O) groups excluding carboxylic acids is 2. The van der Waals surface area contributed by atoms with Crippen LogP contribution in [0.25, 0.3) is 11.1 Å². The highest BCUT2D eigenvalue weighted by molar-refractivity contribution is 5.95. The third kappa shape index (κ3) is 12.5. The average Bonchev–Trinajstić information content (AvgIpc) is 3.63. The molecule has 21 heteroatoms. The summed E-state index contributed by atoms with van der Waals surface area (Å²) in [6, 6.07) is 13.1. The van der Waals surface area contributed by atoms with E-state index in [2.05, 4.69) is 46.3 Å². The van der Waals surface area contributed by atoms with Crippen LogP contribution in [0.1, 0.15) is 59.9 Å². The van der Waals surface area contributed by atoms with Crippen LogP contribution in [0.2, 0.25) is 0 Å². The Morgan fingerprint density at radius 3 is 1.96 bits per heavy atom. The Hall–Kier alpha value is -5.99. The molecular weight excluding hydrogens is 772 g/mol. The first-order chi connectivity index (χ1) is 26.6. The van der Waals surface area contributed by atoms with Crippen LogP contribution in [-0.2, 0) is 19.7 Å². The molecule has 2 saturated heterocycles. The van der Waals surface area contributed by atoms with Gasteiger partial charge in [-0.05, 0) is 48.1 Å². The van der Waals surface area contributed by atoms with Gasteiger partial charge in [0, 0.05) is 50.0 Å². The highest BCUT2D eigenvalue weighted by atomic mass is 19.4. The van der Waals surface area contributed by atoms with Gasteiger partial charge in [-0.3, -0.25) is 9.59 Å². The largest absolute Gasteiger partial charge is 0.490 e. The number of carboxylic acid groups (broad SMARTS) is 2. The third-order valence-corrected chi connectivity index (χ3v) is 8.39. The van der Waals surface area contributed by atoms with Crippen molar-refractivity contribution in [3.63, 3.8) is 0 Å². The molecule has 0 radical (unpaired) electrons. The van der Waals surface area contributed by atoms with Gasteiger partial charge in [0.1, 0.15) is 11.3 Å². The summed E-state index contributed by atoms with van der Waals surface area (Å²) in [5.74, 6) is -4.11. The number of hydrogen-bond acceptors (Lipinski definition) is 11.